The van der Waals surface area contributed by atoms with E-state index in [4.69, 9.17) is 5.11 Å². The van der Waals surface area contributed by atoms with E-state index in [9.17, 15) is 9.59 Å². The molecule has 2 atom stereocenters. The molecule has 2 heterocycles. The van der Waals surface area contributed by atoms with E-state index < -0.39 is 5.97 Å². The van der Waals surface area contributed by atoms with Crippen molar-refractivity contribution in [2.24, 2.45) is 5.92 Å². The number of carbonyl (C=O) groups excluding carboxylic acids is 1. The van der Waals surface area contributed by atoms with E-state index >= 15 is 0 Å². The minimum atomic E-state index is -0.956. The molecule has 6 nitrogen and oxygen atoms in total. The Labute approximate surface area is 118 Å². The van der Waals surface area contributed by atoms with Crippen LogP contribution in [0.5, 0.6) is 0 Å². The summed E-state index contributed by atoms with van der Waals surface area (Å²) in [7, 11) is 2.08. The first kappa shape index (κ1) is 14.6. The molecule has 6 heteroatoms. The first-order valence-electron chi connectivity index (χ1n) is 6.83. The third kappa shape index (κ3) is 3.39. The number of aromatic nitrogens is 1. The van der Waals surface area contributed by atoms with Crippen molar-refractivity contribution in [1.82, 2.24) is 14.8 Å². The summed E-state index contributed by atoms with van der Waals surface area (Å²) in [5.74, 6) is -0.763. The van der Waals surface area contributed by atoms with Crippen molar-refractivity contribution in [3.63, 3.8) is 0 Å². The van der Waals surface area contributed by atoms with Gasteiger partial charge in [-0.05, 0) is 38.1 Å². The Balaban J connectivity index is 2.01. The number of amides is 1. The van der Waals surface area contributed by atoms with Gasteiger partial charge >= 0.3 is 5.97 Å². The van der Waals surface area contributed by atoms with Gasteiger partial charge in [-0.3, -0.25) is 9.59 Å². The molecule has 0 bridgehead atoms. The van der Waals surface area contributed by atoms with Gasteiger partial charge in [0, 0.05) is 18.8 Å². The zero-order valence-corrected chi connectivity index (χ0v) is 11.9. The maximum Gasteiger partial charge on any atom is 0.323 e. The number of carboxylic acid groups (broad SMARTS) is 1. The molecule has 0 aromatic carbocycles. The van der Waals surface area contributed by atoms with Crippen molar-refractivity contribution in [2.75, 3.05) is 20.1 Å². The van der Waals surface area contributed by atoms with Crippen molar-refractivity contribution in [2.45, 2.75) is 25.9 Å². The number of hydrogen-bond donors (Lipinski definition) is 2. The van der Waals surface area contributed by atoms with Crippen LogP contribution in [0, 0.1) is 5.92 Å². The summed E-state index contributed by atoms with van der Waals surface area (Å²) in [6.45, 7) is 3.85. The van der Waals surface area contributed by atoms with Crippen LogP contribution in [-0.2, 0) is 11.3 Å². The number of hydrogen-bond acceptors (Lipinski definition) is 3. The molecule has 1 amide bonds. The number of carbonyl (C=O) groups is 2. The van der Waals surface area contributed by atoms with E-state index in [0.29, 0.717) is 11.6 Å². The van der Waals surface area contributed by atoms with Gasteiger partial charge < -0.3 is 19.9 Å². The summed E-state index contributed by atoms with van der Waals surface area (Å²) >= 11 is 0. The van der Waals surface area contributed by atoms with E-state index in [1.54, 1.807) is 18.3 Å². The zero-order chi connectivity index (χ0) is 14.7. The molecule has 0 spiro atoms. The van der Waals surface area contributed by atoms with Crippen molar-refractivity contribution < 1.29 is 14.7 Å². The quantitative estimate of drug-likeness (QED) is 0.848. The summed E-state index contributed by atoms with van der Waals surface area (Å²) in [5.41, 5.74) is 0.401. The van der Waals surface area contributed by atoms with Crippen LogP contribution in [0.1, 0.15) is 23.8 Å². The lowest BCUT2D eigenvalue weighted by molar-refractivity contribution is -0.137. The first-order valence-corrected chi connectivity index (χ1v) is 6.83. The third-order valence-corrected chi connectivity index (χ3v) is 3.79. The van der Waals surface area contributed by atoms with Crippen LogP contribution in [-0.4, -0.2) is 52.6 Å². The first-order chi connectivity index (χ1) is 9.47. The zero-order valence-electron chi connectivity index (χ0n) is 11.9. The SMILES string of the molecule is CC1CN(C)CCC1NC(=O)c1cccn1CC(=O)O. The maximum absolute atomic E-state index is 12.3. The van der Waals surface area contributed by atoms with Crippen molar-refractivity contribution in [1.29, 1.82) is 0 Å². The molecular weight excluding hydrogens is 258 g/mol. The van der Waals surface area contributed by atoms with E-state index in [0.717, 1.165) is 19.5 Å². The van der Waals surface area contributed by atoms with Crippen molar-refractivity contribution >= 4 is 11.9 Å². The Morgan fingerprint density at radius 1 is 1.50 bits per heavy atom. The lowest BCUT2D eigenvalue weighted by atomic mass is 9.94. The average Bonchev–Trinajstić information content (AvgIpc) is 2.80. The Kier molecular flexibility index (Phi) is 4.44. The molecule has 0 radical (unpaired) electrons. The lowest BCUT2D eigenvalue weighted by Gasteiger charge is -2.35. The van der Waals surface area contributed by atoms with E-state index in [-0.39, 0.29) is 18.5 Å². The summed E-state index contributed by atoms with van der Waals surface area (Å²) in [6, 6.07) is 3.49. The van der Waals surface area contributed by atoms with Crippen molar-refractivity contribution in [3.8, 4) is 0 Å². The predicted octanol–water partition coefficient (Wildman–Crippen LogP) is 0.643. The van der Waals surface area contributed by atoms with E-state index in [1.807, 2.05) is 0 Å². The largest absolute Gasteiger partial charge is 0.480 e. The normalized spacial score (nSPS) is 23.5. The molecular formula is C14H21N3O3. The highest BCUT2D eigenvalue weighted by Gasteiger charge is 2.26. The van der Waals surface area contributed by atoms with Gasteiger partial charge in [-0.1, -0.05) is 6.92 Å². The van der Waals surface area contributed by atoms with E-state index in [1.165, 1.54) is 4.57 Å². The number of aliphatic carboxylic acids is 1. The molecule has 2 unspecified atom stereocenters. The number of nitrogens with one attached hydrogen (secondary N) is 1. The highest BCUT2D eigenvalue weighted by molar-refractivity contribution is 5.93. The van der Waals surface area contributed by atoms with Crippen LogP contribution >= 0.6 is 0 Å². The topological polar surface area (TPSA) is 74.6 Å². The van der Waals surface area contributed by atoms with Gasteiger partial charge in [0.1, 0.15) is 12.2 Å². The van der Waals surface area contributed by atoms with E-state index in [2.05, 4.69) is 24.2 Å². The molecule has 0 saturated carbocycles. The smallest absolute Gasteiger partial charge is 0.323 e. The summed E-state index contributed by atoms with van der Waals surface area (Å²) in [4.78, 5) is 25.3. The van der Waals surface area contributed by atoms with Crippen LogP contribution < -0.4 is 5.32 Å². The minimum Gasteiger partial charge on any atom is -0.480 e. The monoisotopic (exact) mass is 279 g/mol. The number of likely N-dealkylation sites (tertiary alicyclic amines) is 1. The minimum absolute atomic E-state index is 0.145. The fourth-order valence-electron chi connectivity index (χ4n) is 2.71. The van der Waals surface area contributed by atoms with Gasteiger partial charge in [0.05, 0.1) is 0 Å². The average molecular weight is 279 g/mol. The molecule has 1 aliphatic rings. The van der Waals surface area contributed by atoms with Crippen molar-refractivity contribution in [3.05, 3.63) is 24.0 Å². The molecule has 1 fully saturated rings. The highest BCUT2D eigenvalue weighted by Crippen LogP contribution is 2.16. The van der Waals surface area contributed by atoms with Gasteiger partial charge in [-0.15, -0.1) is 0 Å². The molecule has 0 aliphatic carbocycles. The molecule has 1 aromatic rings. The fraction of sp³-hybridized carbons (Fsp3) is 0.571. The number of nitrogens with zero attached hydrogens (tertiary/aromatic N) is 2. The van der Waals surface area contributed by atoms with Gasteiger partial charge in [0.25, 0.3) is 5.91 Å². The molecule has 1 aliphatic heterocycles. The molecule has 1 saturated heterocycles. The van der Waals surface area contributed by atoms with Crippen LogP contribution in [0.2, 0.25) is 0 Å². The summed E-state index contributed by atoms with van der Waals surface area (Å²) in [6.07, 6.45) is 2.53. The molecule has 2 rings (SSSR count). The molecule has 20 heavy (non-hydrogen) atoms. The lowest BCUT2D eigenvalue weighted by Crippen LogP contribution is -2.49. The summed E-state index contributed by atoms with van der Waals surface area (Å²) < 4.78 is 1.46. The predicted molar refractivity (Wildman–Crippen MR) is 74.6 cm³/mol. The second-order valence-electron chi connectivity index (χ2n) is 5.52. The number of carboxylic acids is 1. The van der Waals surface area contributed by atoms with Crippen LogP contribution in [0.4, 0.5) is 0 Å². The number of rotatable bonds is 4. The van der Waals surface area contributed by atoms with Gasteiger partial charge in [0.2, 0.25) is 0 Å². The molecule has 2 N–H and O–H groups in total. The van der Waals surface area contributed by atoms with Crippen LogP contribution in [0.3, 0.4) is 0 Å². The van der Waals surface area contributed by atoms with Gasteiger partial charge in [0.15, 0.2) is 0 Å². The molecule has 110 valence electrons. The number of piperidine rings is 1. The highest BCUT2D eigenvalue weighted by atomic mass is 16.4. The second-order valence-corrected chi connectivity index (χ2v) is 5.52. The molecule has 1 aromatic heterocycles. The van der Waals surface area contributed by atoms with Gasteiger partial charge in [-0.2, -0.15) is 0 Å². The maximum atomic E-state index is 12.3. The van der Waals surface area contributed by atoms with Crippen LogP contribution in [0.15, 0.2) is 18.3 Å². The summed E-state index contributed by atoms with van der Waals surface area (Å²) in [5, 5.41) is 11.9. The van der Waals surface area contributed by atoms with Crippen LogP contribution in [0.25, 0.3) is 0 Å². The Hall–Kier alpha value is -1.82. The second kappa shape index (κ2) is 6.09. The third-order valence-electron chi connectivity index (χ3n) is 3.79. The Morgan fingerprint density at radius 3 is 2.90 bits per heavy atom. The standard InChI is InChI=1S/C14H21N3O3/c1-10-8-16(2)7-5-11(10)15-14(20)12-4-3-6-17(12)9-13(18)19/h3-4,6,10-11H,5,7-9H2,1-2H3,(H,15,20)(H,18,19). The Bertz CT molecular complexity index is 498. The fourth-order valence-corrected chi connectivity index (χ4v) is 2.71. The Morgan fingerprint density at radius 2 is 2.25 bits per heavy atom. The van der Waals surface area contributed by atoms with Gasteiger partial charge in [-0.25, -0.2) is 0 Å².